The van der Waals surface area contributed by atoms with Crippen molar-refractivity contribution in [2.24, 2.45) is 5.92 Å². The molecule has 0 aromatic carbocycles. The predicted molar refractivity (Wildman–Crippen MR) is 83.4 cm³/mol. The van der Waals surface area contributed by atoms with Crippen LogP contribution in [0.5, 0.6) is 0 Å². The van der Waals surface area contributed by atoms with Gasteiger partial charge in [-0.3, -0.25) is 13.5 Å². The lowest BCUT2D eigenvalue weighted by Crippen LogP contribution is -2.37. The molecule has 0 amide bonds. The number of aliphatic hydroxyl groups is 1. The van der Waals surface area contributed by atoms with Crippen LogP contribution in [0.1, 0.15) is 24.4 Å². The van der Waals surface area contributed by atoms with Crippen LogP contribution < -0.4 is 11.2 Å². The molecule has 1 saturated carbocycles. The van der Waals surface area contributed by atoms with Gasteiger partial charge in [-0.05, 0) is 29.2 Å². The Bertz CT molecular complexity index is 784. The second-order valence-corrected chi connectivity index (χ2v) is 7.70. The number of aryl methyl sites for hydroxylation is 1. The van der Waals surface area contributed by atoms with E-state index in [0.717, 1.165) is 10.6 Å². The Morgan fingerprint density at radius 1 is 1.41 bits per heavy atom. The summed E-state index contributed by atoms with van der Waals surface area (Å²) in [5.74, 6) is -0.378. The van der Waals surface area contributed by atoms with Gasteiger partial charge in [-0.2, -0.15) is 8.42 Å². The van der Waals surface area contributed by atoms with E-state index in [1.54, 1.807) is 6.92 Å². The van der Waals surface area contributed by atoms with Crippen LogP contribution in [0.25, 0.3) is 0 Å². The average molecular weight is 350 g/mol. The highest BCUT2D eigenvalue weighted by molar-refractivity contribution is 7.86. The summed E-state index contributed by atoms with van der Waals surface area (Å²) in [4.78, 5) is 23.9. The monoisotopic (exact) mass is 350 g/mol. The van der Waals surface area contributed by atoms with E-state index in [9.17, 15) is 23.1 Å². The summed E-state index contributed by atoms with van der Waals surface area (Å²) >= 11 is 0. The van der Waals surface area contributed by atoms with E-state index in [1.807, 2.05) is 0 Å². The quantitative estimate of drug-likeness (QED) is 0.565. The van der Waals surface area contributed by atoms with Gasteiger partial charge in [0.05, 0.1) is 12.4 Å². The van der Waals surface area contributed by atoms with Crippen LogP contribution in [0, 0.1) is 12.8 Å². The Kier molecular flexibility index (Phi) is 4.91. The SMILES string of the molecule is Cc1cn(C2CC(CO)C(OS(C)(=O)=O)C2)c(=O)n(P)c1=O. The highest BCUT2D eigenvalue weighted by Gasteiger charge is 2.38. The van der Waals surface area contributed by atoms with E-state index < -0.39 is 27.5 Å². The molecule has 1 N–H and O–H groups in total. The minimum Gasteiger partial charge on any atom is -0.396 e. The largest absolute Gasteiger partial charge is 0.396 e. The van der Waals surface area contributed by atoms with Crippen molar-refractivity contribution in [2.75, 3.05) is 12.9 Å². The maximum Gasteiger partial charge on any atom is 0.334 e. The zero-order valence-corrected chi connectivity index (χ0v) is 14.3. The van der Waals surface area contributed by atoms with Gasteiger partial charge in [0.2, 0.25) is 0 Å². The van der Waals surface area contributed by atoms with Gasteiger partial charge in [0.15, 0.2) is 0 Å². The fourth-order valence-electron chi connectivity index (χ4n) is 2.80. The summed E-state index contributed by atoms with van der Waals surface area (Å²) in [7, 11) is -1.57. The first-order chi connectivity index (χ1) is 10.1. The molecule has 1 fully saturated rings. The summed E-state index contributed by atoms with van der Waals surface area (Å²) in [5, 5.41) is 9.40. The van der Waals surface area contributed by atoms with Crippen molar-refractivity contribution < 1.29 is 17.7 Å². The molecule has 4 atom stereocenters. The van der Waals surface area contributed by atoms with Crippen molar-refractivity contribution in [3.8, 4) is 0 Å². The molecule has 4 unspecified atom stereocenters. The fraction of sp³-hybridized carbons (Fsp3) is 0.667. The van der Waals surface area contributed by atoms with Crippen LogP contribution in [0.3, 0.4) is 0 Å². The molecule has 1 aliphatic rings. The van der Waals surface area contributed by atoms with E-state index in [-0.39, 0.29) is 25.0 Å². The van der Waals surface area contributed by atoms with Crippen molar-refractivity contribution in [3.05, 3.63) is 32.6 Å². The minimum absolute atomic E-state index is 0.231. The number of rotatable bonds is 4. The first-order valence-electron chi connectivity index (χ1n) is 6.73. The molecule has 8 nitrogen and oxygen atoms in total. The number of hydrogen-bond acceptors (Lipinski definition) is 6. The Morgan fingerprint density at radius 3 is 2.59 bits per heavy atom. The van der Waals surface area contributed by atoms with Gasteiger partial charge in [0, 0.05) is 30.3 Å². The number of aromatic nitrogens is 2. The molecular formula is C12H19N2O6PS. The Hall–Kier alpha value is -1.02. The second kappa shape index (κ2) is 6.23. The summed E-state index contributed by atoms with van der Waals surface area (Å²) < 4.78 is 29.9. The van der Waals surface area contributed by atoms with Gasteiger partial charge in [-0.1, -0.05) is 0 Å². The Labute approximate surface area is 130 Å². The van der Waals surface area contributed by atoms with Gasteiger partial charge >= 0.3 is 5.69 Å². The standard InChI is InChI=1S/C12H19N2O6PS/c1-7-5-13(12(17)14(21)11(7)16)9-3-8(6-15)10(4-9)20-22(2,18)19/h5,8-10,15H,3-4,6,21H2,1-2H3. The summed E-state index contributed by atoms with van der Waals surface area (Å²) in [6, 6.07) is -0.331. The van der Waals surface area contributed by atoms with Crippen LogP contribution >= 0.6 is 9.39 Å². The van der Waals surface area contributed by atoms with E-state index in [2.05, 4.69) is 9.39 Å². The van der Waals surface area contributed by atoms with Crippen LogP contribution in [-0.4, -0.2) is 41.4 Å². The minimum atomic E-state index is -3.65. The van der Waals surface area contributed by atoms with Crippen molar-refractivity contribution >= 4 is 19.5 Å². The highest BCUT2D eigenvalue weighted by atomic mass is 32.2. The maximum atomic E-state index is 12.2. The molecule has 0 saturated heterocycles. The van der Waals surface area contributed by atoms with E-state index in [0.29, 0.717) is 12.0 Å². The number of hydrogen-bond donors (Lipinski definition) is 1. The van der Waals surface area contributed by atoms with Gasteiger partial charge in [0.1, 0.15) is 0 Å². The molecule has 1 aliphatic carbocycles. The number of nitrogens with zero attached hydrogens (tertiary/aromatic N) is 2. The normalized spacial score (nSPS) is 25.5. The molecule has 1 heterocycles. The third-order valence-corrected chi connectivity index (χ3v) is 4.90. The zero-order valence-electron chi connectivity index (χ0n) is 12.3. The lowest BCUT2D eigenvalue weighted by Gasteiger charge is -2.16. The van der Waals surface area contributed by atoms with Crippen LogP contribution in [-0.2, 0) is 14.3 Å². The fourth-order valence-corrected chi connectivity index (χ4v) is 3.82. The summed E-state index contributed by atoms with van der Waals surface area (Å²) in [5.41, 5.74) is -0.489. The molecular weight excluding hydrogens is 331 g/mol. The molecule has 1 aromatic rings. The lowest BCUT2D eigenvalue weighted by molar-refractivity contribution is 0.116. The lowest BCUT2D eigenvalue weighted by atomic mass is 10.1. The van der Waals surface area contributed by atoms with Crippen molar-refractivity contribution in [1.29, 1.82) is 0 Å². The summed E-state index contributed by atoms with van der Waals surface area (Å²) in [6.45, 7) is 1.37. The number of aliphatic hydroxyl groups excluding tert-OH is 1. The van der Waals surface area contributed by atoms with E-state index in [1.165, 1.54) is 10.8 Å². The van der Waals surface area contributed by atoms with Crippen LogP contribution in [0.4, 0.5) is 0 Å². The Morgan fingerprint density at radius 2 is 2.05 bits per heavy atom. The van der Waals surface area contributed by atoms with Gasteiger partial charge in [0.25, 0.3) is 15.7 Å². The first-order valence-corrected chi connectivity index (χ1v) is 9.06. The van der Waals surface area contributed by atoms with E-state index >= 15 is 0 Å². The van der Waals surface area contributed by atoms with Crippen molar-refractivity contribution in [3.63, 3.8) is 0 Å². The third kappa shape index (κ3) is 3.48. The molecule has 0 bridgehead atoms. The average Bonchev–Trinajstić information content (AvgIpc) is 2.81. The first kappa shape index (κ1) is 17.3. The molecule has 124 valence electrons. The molecule has 1 aromatic heterocycles. The van der Waals surface area contributed by atoms with E-state index in [4.69, 9.17) is 4.18 Å². The Balaban J connectivity index is 2.36. The molecule has 2 rings (SSSR count). The van der Waals surface area contributed by atoms with Crippen molar-refractivity contribution in [2.45, 2.75) is 31.9 Å². The van der Waals surface area contributed by atoms with Crippen LogP contribution in [0.2, 0.25) is 0 Å². The molecule has 22 heavy (non-hydrogen) atoms. The molecule has 0 spiro atoms. The predicted octanol–water partition coefficient (Wildman–Crippen LogP) is -0.755. The van der Waals surface area contributed by atoms with Gasteiger partial charge in [-0.25, -0.2) is 9.13 Å². The molecule has 10 heteroatoms. The zero-order chi connectivity index (χ0) is 16.7. The van der Waals surface area contributed by atoms with Gasteiger partial charge < -0.3 is 5.11 Å². The smallest absolute Gasteiger partial charge is 0.334 e. The third-order valence-electron chi connectivity index (χ3n) is 3.85. The summed E-state index contributed by atoms with van der Waals surface area (Å²) in [6.07, 6.45) is 2.42. The van der Waals surface area contributed by atoms with Gasteiger partial charge in [-0.15, -0.1) is 0 Å². The molecule has 0 aliphatic heterocycles. The maximum absolute atomic E-state index is 12.2. The van der Waals surface area contributed by atoms with Crippen LogP contribution in [0.15, 0.2) is 15.8 Å². The highest BCUT2D eigenvalue weighted by Crippen LogP contribution is 2.36. The molecule has 0 radical (unpaired) electrons. The second-order valence-electron chi connectivity index (χ2n) is 5.58. The topological polar surface area (TPSA) is 108 Å². The van der Waals surface area contributed by atoms with Crippen molar-refractivity contribution in [1.82, 2.24) is 8.90 Å².